The highest BCUT2D eigenvalue weighted by molar-refractivity contribution is 5.99. The third-order valence-corrected chi connectivity index (χ3v) is 7.67. The molecule has 2 N–H and O–H groups in total. The average Bonchev–Trinajstić information content (AvgIpc) is 2.93. The van der Waals surface area contributed by atoms with E-state index in [4.69, 9.17) is 9.47 Å². The van der Waals surface area contributed by atoms with Gasteiger partial charge >= 0.3 is 0 Å². The zero-order valence-electron chi connectivity index (χ0n) is 24.7. The number of rotatable bonds is 10. The number of nitrogens with zero attached hydrogens (tertiary/aromatic N) is 1. The highest BCUT2D eigenvalue weighted by atomic mass is 16.5. The second kappa shape index (κ2) is 13.3. The van der Waals surface area contributed by atoms with E-state index in [-0.39, 0.29) is 24.1 Å². The number of aromatic amines is 1. The van der Waals surface area contributed by atoms with E-state index in [9.17, 15) is 9.59 Å². The molecule has 2 heterocycles. The molecule has 0 aliphatic carbocycles. The largest absolute Gasteiger partial charge is 0.381 e. The van der Waals surface area contributed by atoms with Gasteiger partial charge in [0, 0.05) is 54.9 Å². The Balaban J connectivity index is 1.73. The summed E-state index contributed by atoms with van der Waals surface area (Å²) >= 11 is 0. The zero-order valence-corrected chi connectivity index (χ0v) is 24.7. The quantitative estimate of drug-likeness (QED) is 0.335. The van der Waals surface area contributed by atoms with Crippen molar-refractivity contribution in [2.75, 3.05) is 24.7 Å². The van der Waals surface area contributed by atoms with Gasteiger partial charge in [0.05, 0.1) is 12.7 Å². The lowest BCUT2D eigenvalue weighted by atomic mass is 9.94. The van der Waals surface area contributed by atoms with Crippen molar-refractivity contribution in [2.45, 2.75) is 79.7 Å². The van der Waals surface area contributed by atoms with Crippen LogP contribution in [0.15, 0.2) is 47.3 Å². The number of H-pyrrole nitrogens is 1. The third kappa shape index (κ3) is 7.01. The number of nitrogens with one attached hydrogen (secondary N) is 2. The fourth-order valence-electron chi connectivity index (χ4n) is 5.49. The lowest BCUT2D eigenvalue weighted by Crippen LogP contribution is -2.40. The van der Waals surface area contributed by atoms with Crippen molar-refractivity contribution in [1.82, 2.24) is 10.3 Å². The Hall–Kier alpha value is -3.42. The predicted molar refractivity (Wildman–Crippen MR) is 161 cm³/mol. The number of ether oxygens (including phenoxy) is 2. The number of benzene rings is 2. The highest BCUT2D eigenvalue weighted by Gasteiger charge is 2.25. The maximum atomic E-state index is 13.7. The maximum absolute atomic E-state index is 13.7. The van der Waals surface area contributed by atoms with Gasteiger partial charge in [0.15, 0.2) is 0 Å². The topological polar surface area (TPSA) is 83.7 Å². The maximum Gasteiger partial charge on any atom is 0.253 e. The van der Waals surface area contributed by atoms with E-state index in [0.29, 0.717) is 23.8 Å². The van der Waals surface area contributed by atoms with Crippen LogP contribution in [0.1, 0.15) is 71.9 Å². The van der Waals surface area contributed by atoms with Crippen LogP contribution >= 0.6 is 0 Å². The number of carbonyl (C=O) groups is 1. The number of amides is 1. The monoisotopic (exact) mass is 545 g/mol. The molecule has 214 valence electrons. The van der Waals surface area contributed by atoms with E-state index >= 15 is 0 Å². The molecule has 7 nitrogen and oxygen atoms in total. The van der Waals surface area contributed by atoms with Crippen LogP contribution in [-0.4, -0.2) is 42.8 Å². The van der Waals surface area contributed by atoms with Crippen LogP contribution in [0.5, 0.6) is 0 Å². The lowest BCUT2D eigenvalue weighted by molar-refractivity contribution is 0.0657. The smallest absolute Gasteiger partial charge is 0.253 e. The second-order valence-corrected chi connectivity index (χ2v) is 11.0. The van der Waals surface area contributed by atoms with Gasteiger partial charge < -0.3 is 24.7 Å². The Morgan fingerprint density at radius 2 is 1.85 bits per heavy atom. The van der Waals surface area contributed by atoms with E-state index in [1.165, 1.54) is 0 Å². The zero-order chi connectivity index (χ0) is 28.8. The molecule has 0 atom stereocenters. The summed E-state index contributed by atoms with van der Waals surface area (Å²) in [5.41, 5.74) is 7.79. The second-order valence-electron chi connectivity index (χ2n) is 11.0. The Labute approximate surface area is 237 Å². The highest BCUT2D eigenvalue weighted by Crippen LogP contribution is 2.34. The number of aryl methyl sites for hydroxylation is 2. The predicted octanol–water partition coefficient (Wildman–Crippen LogP) is 5.83. The molecule has 0 radical (unpaired) electrons. The van der Waals surface area contributed by atoms with Crippen molar-refractivity contribution in [1.29, 1.82) is 0 Å². The minimum absolute atomic E-state index is 0.145. The van der Waals surface area contributed by atoms with Crippen LogP contribution in [0.4, 0.5) is 5.69 Å². The van der Waals surface area contributed by atoms with Crippen LogP contribution in [0, 0.1) is 20.8 Å². The molecule has 4 rings (SSSR count). The molecule has 40 heavy (non-hydrogen) atoms. The molecular formula is C33H43N3O4. The summed E-state index contributed by atoms with van der Waals surface area (Å²) < 4.78 is 11.5. The van der Waals surface area contributed by atoms with Gasteiger partial charge in [0.2, 0.25) is 0 Å². The first kappa shape index (κ1) is 29.6. The molecule has 1 amide bonds. The molecule has 0 bridgehead atoms. The summed E-state index contributed by atoms with van der Waals surface area (Å²) in [5, 5.41) is 3.03. The summed E-state index contributed by atoms with van der Waals surface area (Å²) in [6.07, 6.45) is 2.06. The van der Waals surface area contributed by atoms with Crippen molar-refractivity contribution in [3.8, 4) is 11.1 Å². The number of anilines is 1. The van der Waals surface area contributed by atoms with Gasteiger partial charge in [-0.15, -0.1) is 0 Å². The number of hydrogen-bond donors (Lipinski definition) is 2. The Bertz CT molecular complexity index is 1390. The fourth-order valence-corrected chi connectivity index (χ4v) is 5.49. The summed E-state index contributed by atoms with van der Waals surface area (Å²) in [6.45, 7) is 15.0. The molecule has 1 aliphatic heterocycles. The van der Waals surface area contributed by atoms with E-state index in [2.05, 4.69) is 46.4 Å². The van der Waals surface area contributed by atoms with Gasteiger partial charge in [-0.1, -0.05) is 18.2 Å². The van der Waals surface area contributed by atoms with Gasteiger partial charge in [-0.05, 0) is 106 Å². The minimum Gasteiger partial charge on any atom is -0.381 e. The molecule has 1 aliphatic rings. The van der Waals surface area contributed by atoms with Gasteiger partial charge in [-0.2, -0.15) is 0 Å². The van der Waals surface area contributed by atoms with Crippen molar-refractivity contribution >= 4 is 11.6 Å². The Kier molecular flexibility index (Phi) is 9.82. The SMILES string of the molecule is CCN(c1cc(-c2cccc(COC(C)C)c2)cc(C(=O)NCc2c(C)cc(C)[nH]c2=O)c1C)C1CCOCC1. The molecule has 1 fully saturated rings. The van der Waals surface area contributed by atoms with Crippen LogP contribution in [0.3, 0.4) is 0 Å². The standard InChI is InChI=1S/C33H43N3O4/c1-7-36(28-11-13-39-14-12-28)31-18-27(26-10-8-9-25(16-26)20-40-21(2)3)17-29(24(31)6)32(37)34-19-30-22(4)15-23(5)35-33(30)38/h8-10,15-18,21,28H,7,11-14,19-20H2,1-6H3,(H,34,37)(H,35,38). The molecule has 1 aromatic heterocycles. The third-order valence-electron chi connectivity index (χ3n) is 7.67. The number of aromatic nitrogens is 1. The van der Waals surface area contributed by atoms with Crippen LogP contribution in [-0.2, 0) is 22.6 Å². The van der Waals surface area contributed by atoms with Gasteiger partial charge in [0.25, 0.3) is 11.5 Å². The Morgan fingerprint density at radius 3 is 2.52 bits per heavy atom. The molecule has 0 saturated carbocycles. The molecular weight excluding hydrogens is 502 g/mol. The molecule has 7 heteroatoms. The minimum atomic E-state index is -0.192. The van der Waals surface area contributed by atoms with Crippen LogP contribution in [0.25, 0.3) is 11.1 Å². The van der Waals surface area contributed by atoms with E-state index in [1.807, 2.05) is 52.8 Å². The first-order valence-electron chi connectivity index (χ1n) is 14.4. The Morgan fingerprint density at radius 1 is 1.10 bits per heavy atom. The molecule has 3 aromatic rings. The molecule has 0 unspecified atom stereocenters. The first-order chi connectivity index (χ1) is 19.2. The van der Waals surface area contributed by atoms with Crippen LogP contribution < -0.4 is 15.8 Å². The van der Waals surface area contributed by atoms with E-state index in [1.54, 1.807) is 0 Å². The van der Waals surface area contributed by atoms with E-state index in [0.717, 1.165) is 71.8 Å². The summed E-state index contributed by atoms with van der Waals surface area (Å²) in [7, 11) is 0. The van der Waals surface area contributed by atoms with Crippen LogP contribution in [0.2, 0.25) is 0 Å². The van der Waals surface area contributed by atoms with Crippen molar-refractivity contribution < 1.29 is 14.3 Å². The summed E-state index contributed by atoms with van der Waals surface area (Å²) in [6, 6.07) is 14.8. The average molecular weight is 546 g/mol. The van der Waals surface area contributed by atoms with E-state index < -0.39 is 0 Å². The number of carbonyl (C=O) groups excluding carboxylic acids is 1. The normalized spacial score (nSPS) is 14.0. The molecule has 1 saturated heterocycles. The van der Waals surface area contributed by atoms with Crippen molar-refractivity contribution in [3.63, 3.8) is 0 Å². The number of hydrogen-bond acceptors (Lipinski definition) is 5. The van der Waals surface area contributed by atoms with Gasteiger partial charge in [0.1, 0.15) is 0 Å². The van der Waals surface area contributed by atoms with Gasteiger partial charge in [-0.3, -0.25) is 9.59 Å². The van der Waals surface area contributed by atoms with Crippen molar-refractivity contribution in [2.24, 2.45) is 0 Å². The van der Waals surface area contributed by atoms with Gasteiger partial charge in [-0.25, -0.2) is 0 Å². The summed E-state index contributed by atoms with van der Waals surface area (Å²) in [4.78, 5) is 31.5. The fraction of sp³-hybridized carbons (Fsp3) is 0.455. The molecule has 2 aromatic carbocycles. The molecule has 0 spiro atoms. The first-order valence-corrected chi connectivity index (χ1v) is 14.4. The van der Waals surface area contributed by atoms with Crippen molar-refractivity contribution in [3.05, 3.63) is 86.3 Å². The summed E-state index contributed by atoms with van der Waals surface area (Å²) in [5.74, 6) is -0.192. The number of pyridine rings is 1. The lowest BCUT2D eigenvalue weighted by Gasteiger charge is -2.37.